The fraction of sp³-hybridized carbons (Fsp3) is 0.188. The number of amides is 1. The Labute approximate surface area is 138 Å². The topological polar surface area (TPSA) is 47.6 Å². The van der Waals surface area contributed by atoms with Crippen LogP contribution in [0.5, 0.6) is 11.5 Å². The molecule has 22 heavy (non-hydrogen) atoms. The van der Waals surface area contributed by atoms with Gasteiger partial charge in [0.15, 0.2) is 6.10 Å². The summed E-state index contributed by atoms with van der Waals surface area (Å²) in [7, 11) is 1.54. The van der Waals surface area contributed by atoms with Crippen molar-refractivity contribution in [1.82, 2.24) is 0 Å². The first-order valence-electron chi connectivity index (χ1n) is 6.57. The highest BCUT2D eigenvalue weighted by Gasteiger charge is 2.18. The van der Waals surface area contributed by atoms with Crippen LogP contribution in [0.1, 0.15) is 6.92 Å². The van der Waals surface area contributed by atoms with Crippen molar-refractivity contribution >= 4 is 34.8 Å². The lowest BCUT2D eigenvalue weighted by Crippen LogP contribution is -2.30. The van der Waals surface area contributed by atoms with Crippen molar-refractivity contribution in [2.75, 3.05) is 12.4 Å². The van der Waals surface area contributed by atoms with Gasteiger partial charge in [-0.15, -0.1) is 0 Å². The van der Waals surface area contributed by atoms with Crippen LogP contribution in [-0.4, -0.2) is 19.1 Å². The van der Waals surface area contributed by atoms with E-state index in [0.29, 0.717) is 22.2 Å². The molecule has 1 N–H and O–H groups in total. The number of carbonyl (C=O) groups excluding carboxylic acids is 1. The summed E-state index contributed by atoms with van der Waals surface area (Å²) < 4.78 is 10.7. The lowest BCUT2D eigenvalue weighted by molar-refractivity contribution is -0.122. The number of methoxy groups -OCH3 is 1. The third-order valence-electron chi connectivity index (χ3n) is 2.95. The number of hydrogen-bond donors (Lipinski definition) is 1. The highest BCUT2D eigenvalue weighted by molar-refractivity contribution is 6.42. The quantitative estimate of drug-likeness (QED) is 0.877. The van der Waals surface area contributed by atoms with Crippen molar-refractivity contribution in [3.05, 3.63) is 52.5 Å². The molecule has 0 spiro atoms. The van der Waals surface area contributed by atoms with Gasteiger partial charge in [0.05, 0.1) is 17.8 Å². The van der Waals surface area contributed by atoms with Crippen LogP contribution < -0.4 is 14.8 Å². The average Bonchev–Trinajstić information content (AvgIpc) is 2.52. The molecule has 0 heterocycles. The van der Waals surface area contributed by atoms with Gasteiger partial charge in [0.2, 0.25) is 0 Å². The normalized spacial score (nSPS) is 11.6. The Morgan fingerprint density at radius 1 is 1.09 bits per heavy atom. The molecule has 0 aliphatic heterocycles. The molecule has 0 fully saturated rings. The predicted octanol–water partition coefficient (Wildman–Crippen LogP) is 4.41. The van der Waals surface area contributed by atoms with Crippen LogP contribution in [0.15, 0.2) is 42.5 Å². The van der Waals surface area contributed by atoms with Crippen LogP contribution in [0, 0.1) is 0 Å². The molecule has 2 aromatic carbocycles. The average molecular weight is 340 g/mol. The maximum atomic E-state index is 12.2. The van der Waals surface area contributed by atoms with Crippen LogP contribution in [0.4, 0.5) is 5.69 Å². The van der Waals surface area contributed by atoms with Crippen molar-refractivity contribution < 1.29 is 14.3 Å². The standard InChI is InChI=1S/C16H15Cl2NO3/c1-10(22-14-9-5-6-11(17)15(14)18)16(20)19-12-7-3-4-8-13(12)21-2/h3-10H,1-2H3,(H,19,20)/t10-/m0/s1. The van der Waals surface area contributed by atoms with E-state index in [4.69, 9.17) is 32.7 Å². The molecule has 6 heteroatoms. The van der Waals surface area contributed by atoms with E-state index >= 15 is 0 Å². The van der Waals surface area contributed by atoms with Crippen molar-refractivity contribution in [2.45, 2.75) is 13.0 Å². The van der Waals surface area contributed by atoms with Gasteiger partial charge in [0.1, 0.15) is 16.5 Å². The molecule has 2 rings (SSSR count). The molecule has 0 unspecified atom stereocenters. The Bertz CT molecular complexity index is 676. The van der Waals surface area contributed by atoms with Gasteiger partial charge in [-0.25, -0.2) is 0 Å². The molecular weight excluding hydrogens is 325 g/mol. The summed E-state index contributed by atoms with van der Waals surface area (Å²) in [6, 6.07) is 12.1. The Morgan fingerprint density at radius 3 is 2.50 bits per heavy atom. The number of nitrogens with one attached hydrogen (secondary N) is 1. The molecular formula is C16H15Cl2NO3. The highest BCUT2D eigenvalue weighted by Crippen LogP contribution is 2.32. The number of halogens is 2. The molecule has 4 nitrogen and oxygen atoms in total. The fourth-order valence-electron chi connectivity index (χ4n) is 1.80. The first-order chi connectivity index (χ1) is 10.5. The third-order valence-corrected chi connectivity index (χ3v) is 3.76. The van der Waals surface area contributed by atoms with Crippen LogP contribution in [0.25, 0.3) is 0 Å². The number of carbonyl (C=O) groups is 1. The number of rotatable bonds is 5. The van der Waals surface area contributed by atoms with Gasteiger partial charge in [-0.3, -0.25) is 4.79 Å². The first-order valence-corrected chi connectivity index (χ1v) is 7.33. The monoisotopic (exact) mass is 339 g/mol. The Kier molecular flexibility index (Phi) is 5.52. The zero-order chi connectivity index (χ0) is 16.1. The fourth-order valence-corrected chi connectivity index (χ4v) is 2.14. The van der Waals surface area contributed by atoms with Crippen LogP contribution in [0.2, 0.25) is 10.0 Å². The van der Waals surface area contributed by atoms with Crippen molar-refractivity contribution in [3.63, 3.8) is 0 Å². The number of para-hydroxylation sites is 2. The summed E-state index contributed by atoms with van der Waals surface area (Å²) >= 11 is 12.0. The second kappa shape index (κ2) is 7.38. The van der Waals surface area contributed by atoms with Gasteiger partial charge in [-0.2, -0.15) is 0 Å². The number of anilines is 1. The maximum absolute atomic E-state index is 12.2. The summed E-state index contributed by atoms with van der Waals surface area (Å²) in [5.41, 5.74) is 0.572. The minimum atomic E-state index is -0.749. The van der Waals surface area contributed by atoms with Crippen molar-refractivity contribution in [1.29, 1.82) is 0 Å². The van der Waals surface area contributed by atoms with E-state index in [1.54, 1.807) is 43.3 Å². The van der Waals surface area contributed by atoms with Crippen LogP contribution in [-0.2, 0) is 4.79 Å². The van der Waals surface area contributed by atoms with E-state index in [1.807, 2.05) is 6.07 Å². The molecule has 0 saturated carbocycles. The van der Waals surface area contributed by atoms with Gasteiger partial charge < -0.3 is 14.8 Å². The molecule has 0 aliphatic carbocycles. The second-order valence-corrected chi connectivity index (χ2v) is 5.29. The predicted molar refractivity (Wildman–Crippen MR) is 88.2 cm³/mol. The van der Waals surface area contributed by atoms with Crippen molar-refractivity contribution in [3.8, 4) is 11.5 Å². The lowest BCUT2D eigenvalue weighted by Gasteiger charge is -2.17. The summed E-state index contributed by atoms with van der Waals surface area (Å²) in [5, 5.41) is 3.40. The molecule has 0 saturated heterocycles. The highest BCUT2D eigenvalue weighted by atomic mass is 35.5. The van der Waals surface area contributed by atoms with E-state index in [9.17, 15) is 4.79 Å². The summed E-state index contributed by atoms with van der Waals surface area (Å²) in [5.74, 6) is 0.612. The second-order valence-electron chi connectivity index (χ2n) is 4.50. The number of benzene rings is 2. The van der Waals surface area contributed by atoms with Gasteiger partial charge in [-0.1, -0.05) is 41.4 Å². The minimum Gasteiger partial charge on any atom is -0.495 e. The number of hydrogen-bond acceptors (Lipinski definition) is 3. The van der Waals surface area contributed by atoms with Gasteiger partial charge >= 0.3 is 0 Å². The minimum absolute atomic E-state index is 0.279. The Hall–Kier alpha value is -1.91. The van der Waals surface area contributed by atoms with E-state index in [-0.39, 0.29) is 10.9 Å². The van der Waals surface area contributed by atoms with Gasteiger partial charge in [0.25, 0.3) is 5.91 Å². The number of ether oxygens (including phenoxy) is 2. The molecule has 0 bridgehead atoms. The summed E-state index contributed by atoms with van der Waals surface area (Å²) in [6.07, 6.45) is -0.749. The molecule has 1 amide bonds. The molecule has 0 aromatic heterocycles. The SMILES string of the molecule is COc1ccccc1NC(=O)[C@H](C)Oc1cccc(Cl)c1Cl. The summed E-state index contributed by atoms with van der Waals surface area (Å²) in [6.45, 7) is 1.63. The molecule has 2 aromatic rings. The van der Waals surface area contributed by atoms with Gasteiger partial charge in [-0.05, 0) is 31.2 Å². The van der Waals surface area contributed by atoms with Crippen LogP contribution >= 0.6 is 23.2 Å². The smallest absolute Gasteiger partial charge is 0.265 e. The van der Waals surface area contributed by atoms with E-state index in [2.05, 4.69) is 5.32 Å². The zero-order valence-corrected chi connectivity index (χ0v) is 13.6. The Balaban J connectivity index is 2.08. The third kappa shape index (κ3) is 3.84. The Morgan fingerprint density at radius 2 is 1.77 bits per heavy atom. The van der Waals surface area contributed by atoms with E-state index in [1.165, 1.54) is 7.11 Å². The molecule has 116 valence electrons. The lowest BCUT2D eigenvalue weighted by atomic mass is 10.2. The molecule has 1 atom stereocenters. The van der Waals surface area contributed by atoms with E-state index < -0.39 is 6.10 Å². The first kappa shape index (κ1) is 16.5. The van der Waals surface area contributed by atoms with E-state index in [0.717, 1.165) is 0 Å². The van der Waals surface area contributed by atoms with Crippen LogP contribution in [0.3, 0.4) is 0 Å². The van der Waals surface area contributed by atoms with Gasteiger partial charge in [0, 0.05) is 0 Å². The molecule has 0 aliphatic rings. The summed E-state index contributed by atoms with van der Waals surface area (Å²) in [4.78, 5) is 12.2. The zero-order valence-electron chi connectivity index (χ0n) is 12.1. The largest absolute Gasteiger partial charge is 0.495 e. The van der Waals surface area contributed by atoms with Crippen molar-refractivity contribution in [2.24, 2.45) is 0 Å². The maximum Gasteiger partial charge on any atom is 0.265 e. The molecule has 0 radical (unpaired) electrons.